The van der Waals surface area contributed by atoms with Gasteiger partial charge in [0.05, 0.1) is 19.3 Å². The molecule has 0 radical (unpaired) electrons. The predicted octanol–water partition coefficient (Wildman–Crippen LogP) is 4.01. The van der Waals surface area contributed by atoms with Crippen LogP contribution in [0, 0.1) is 6.92 Å². The number of methoxy groups -OCH3 is 1. The van der Waals surface area contributed by atoms with Gasteiger partial charge >= 0.3 is 0 Å². The third-order valence-electron chi connectivity index (χ3n) is 4.60. The summed E-state index contributed by atoms with van der Waals surface area (Å²) < 4.78 is 11.1. The summed E-state index contributed by atoms with van der Waals surface area (Å²) in [5.41, 5.74) is 4.64. The van der Waals surface area contributed by atoms with Gasteiger partial charge in [0.1, 0.15) is 5.75 Å². The first-order valence-corrected chi connectivity index (χ1v) is 8.55. The standard InChI is InChI=1S/C20H21N3O2/c1-14-8-10-16(11-9-14)20-21-18(25-22-20)13-23-12-4-6-15-5-3-7-17(24-2)19(15)23/h3,5,7-11H,4,6,12-13H2,1-2H3. The maximum atomic E-state index is 5.56. The summed E-state index contributed by atoms with van der Waals surface area (Å²) in [7, 11) is 1.71. The molecule has 1 aromatic heterocycles. The number of anilines is 1. The Bertz CT molecular complexity index is 857. The van der Waals surface area contributed by atoms with E-state index in [0.29, 0.717) is 18.3 Å². The molecule has 0 saturated carbocycles. The summed E-state index contributed by atoms with van der Waals surface area (Å²) in [6.45, 7) is 3.61. The maximum Gasteiger partial charge on any atom is 0.246 e. The molecule has 2 heterocycles. The summed E-state index contributed by atoms with van der Waals surface area (Å²) in [6.07, 6.45) is 2.18. The molecule has 0 fully saturated rings. The molecule has 0 bridgehead atoms. The van der Waals surface area contributed by atoms with E-state index in [1.165, 1.54) is 11.1 Å². The van der Waals surface area contributed by atoms with Crippen LogP contribution in [0.3, 0.4) is 0 Å². The second kappa shape index (κ2) is 6.59. The van der Waals surface area contributed by atoms with E-state index in [4.69, 9.17) is 9.26 Å². The number of benzene rings is 2. The van der Waals surface area contributed by atoms with Crippen molar-refractivity contribution in [1.29, 1.82) is 0 Å². The van der Waals surface area contributed by atoms with Crippen LogP contribution in [0.5, 0.6) is 5.75 Å². The summed E-state index contributed by atoms with van der Waals surface area (Å²) in [6, 6.07) is 14.3. The monoisotopic (exact) mass is 335 g/mol. The summed E-state index contributed by atoms with van der Waals surface area (Å²) >= 11 is 0. The Labute approximate surface area is 147 Å². The van der Waals surface area contributed by atoms with Crippen LogP contribution in [-0.4, -0.2) is 23.8 Å². The number of aromatic nitrogens is 2. The minimum absolute atomic E-state index is 0.590. The van der Waals surface area contributed by atoms with Crippen LogP contribution in [0.2, 0.25) is 0 Å². The Balaban J connectivity index is 1.59. The van der Waals surface area contributed by atoms with Crippen molar-refractivity contribution in [3.05, 3.63) is 59.5 Å². The Kier molecular flexibility index (Phi) is 4.14. The molecular weight excluding hydrogens is 314 g/mol. The first kappa shape index (κ1) is 15.7. The number of fused-ring (bicyclic) bond motifs is 1. The molecule has 4 rings (SSSR count). The van der Waals surface area contributed by atoms with E-state index in [2.05, 4.69) is 40.2 Å². The zero-order chi connectivity index (χ0) is 17.2. The Morgan fingerprint density at radius 1 is 1.16 bits per heavy atom. The van der Waals surface area contributed by atoms with Gasteiger partial charge in [0, 0.05) is 12.1 Å². The fraction of sp³-hybridized carbons (Fsp3) is 0.300. The van der Waals surface area contributed by atoms with Crippen LogP contribution in [0.4, 0.5) is 5.69 Å². The fourth-order valence-corrected chi connectivity index (χ4v) is 3.33. The van der Waals surface area contributed by atoms with Gasteiger partial charge in [-0.05, 0) is 31.4 Å². The molecule has 0 N–H and O–H groups in total. The zero-order valence-corrected chi connectivity index (χ0v) is 14.5. The normalized spacial score (nSPS) is 13.6. The number of rotatable bonds is 4. The van der Waals surface area contributed by atoms with Crippen molar-refractivity contribution >= 4 is 5.69 Å². The Hall–Kier alpha value is -2.82. The Morgan fingerprint density at radius 3 is 2.80 bits per heavy atom. The Morgan fingerprint density at radius 2 is 2.00 bits per heavy atom. The van der Waals surface area contributed by atoms with E-state index in [0.717, 1.165) is 36.4 Å². The highest BCUT2D eigenvalue weighted by molar-refractivity contribution is 5.65. The van der Waals surface area contributed by atoms with Crippen molar-refractivity contribution < 1.29 is 9.26 Å². The van der Waals surface area contributed by atoms with E-state index in [1.54, 1.807) is 7.11 Å². The summed E-state index contributed by atoms with van der Waals surface area (Å²) in [4.78, 5) is 6.84. The van der Waals surface area contributed by atoms with Crippen LogP contribution in [0.15, 0.2) is 47.0 Å². The molecule has 5 heteroatoms. The second-order valence-corrected chi connectivity index (χ2v) is 6.37. The average molecular weight is 335 g/mol. The third-order valence-corrected chi connectivity index (χ3v) is 4.60. The van der Waals surface area contributed by atoms with Crippen molar-refractivity contribution in [2.24, 2.45) is 0 Å². The van der Waals surface area contributed by atoms with Gasteiger partial charge in [-0.2, -0.15) is 4.98 Å². The topological polar surface area (TPSA) is 51.4 Å². The quantitative estimate of drug-likeness (QED) is 0.721. The van der Waals surface area contributed by atoms with E-state index in [9.17, 15) is 0 Å². The van der Waals surface area contributed by atoms with Gasteiger partial charge in [0.2, 0.25) is 11.7 Å². The molecule has 1 aliphatic heterocycles. The zero-order valence-electron chi connectivity index (χ0n) is 14.5. The number of hydrogen-bond acceptors (Lipinski definition) is 5. The molecule has 3 aromatic rings. The molecule has 5 nitrogen and oxygen atoms in total. The van der Waals surface area contributed by atoms with Crippen LogP contribution in [0.25, 0.3) is 11.4 Å². The molecular formula is C20H21N3O2. The lowest BCUT2D eigenvalue weighted by molar-refractivity contribution is 0.373. The third kappa shape index (κ3) is 3.09. The lowest BCUT2D eigenvalue weighted by Crippen LogP contribution is -2.29. The van der Waals surface area contributed by atoms with Crippen molar-refractivity contribution in [3.8, 4) is 17.1 Å². The number of nitrogens with zero attached hydrogens (tertiary/aromatic N) is 3. The van der Waals surface area contributed by atoms with Gasteiger partial charge in [-0.15, -0.1) is 0 Å². The van der Waals surface area contributed by atoms with Gasteiger partial charge in [0.25, 0.3) is 0 Å². The van der Waals surface area contributed by atoms with Gasteiger partial charge in [0.15, 0.2) is 0 Å². The van der Waals surface area contributed by atoms with E-state index in [1.807, 2.05) is 24.3 Å². The van der Waals surface area contributed by atoms with Gasteiger partial charge in [-0.25, -0.2) is 0 Å². The molecule has 2 aromatic carbocycles. The summed E-state index contributed by atoms with van der Waals surface area (Å²) in [5, 5.41) is 4.14. The second-order valence-electron chi connectivity index (χ2n) is 6.37. The molecule has 25 heavy (non-hydrogen) atoms. The van der Waals surface area contributed by atoms with Gasteiger partial charge in [-0.1, -0.05) is 47.1 Å². The highest BCUT2D eigenvalue weighted by Crippen LogP contribution is 2.36. The minimum atomic E-state index is 0.590. The average Bonchev–Trinajstić information content (AvgIpc) is 3.10. The molecule has 0 unspecified atom stereocenters. The molecule has 0 amide bonds. The van der Waals surface area contributed by atoms with E-state index < -0.39 is 0 Å². The van der Waals surface area contributed by atoms with Gasteiger partial charge < -0.3 is 14.2 Å². The largest absolute Gasteiger partial charge is 0.495 e. The number of para-hydroxylation sites is 1. The molecule has 0 spiro atoms. The van der Waals surface area contributed by atoms with Crippen LogP contribution < -0.4 is 9.64 Å². The van der Waals surface area contributed by atoms with Crippen molar-refractivity contribution in [1.82, 2.24) is 10.1 Å². The number of hydrogen-bond donors (Lipinski definition) is 0. The van der Waals surface area contributed by atoms with E-state index >= 15 is 0 Å². The minimum Gasteiger partial charge on any atom is -0.495 e. The molecule has 1 aliphatic rings. The fourth-order valence-electron chi connectivity index (χ4n) is 3.33. The number of ether oxygens (including phenoxy) is 1. The van der Waals surface area contributed by atoms with Crippen LogP contribution in [0.1, 0.15) is 23.4 Å². The highest BCUT2D eigenvalue weighted by atomic mass is 16.5. The molecule has 0 saturated heterocycles. The first-order chi connectivity index (χ1) is 12.2. The smallest absolute Gasteiger partial charge is 0.246 e. The molecule has 128 valence electrons. The van der Waals surface area contributed by atoms with E-state index in [-0.39, 0.29) is 0 Å². The lowest BCUT2D eigenvalue weighted by Gasteiger charge is -2.31. The van der Waals surface area contributed by atoms with Crippen molar-refractivity contribution in [2.45, 2.75) is 26.3 Å². The van der Waals surface area contributed by atoms with Crippen LogP contribution >= 0.6 is 0 Å². The molecule has 0 atom stereocenters. The lowest BCUT2D eigenvalue weighted by atomic mass is 10.0. The first-order valence-electron chi connectivity index (χ1n) is 8.55. The van der Waals surface area contributed by atoms with Crippen molar-refractivity contribution in [3.63, 3.8) is 0 Å². The predicted molar refractivity (Wildman–Crippen MR) is 96.8 cm³/mol. The number of aryl methyl sites for hydroxylation is 2. The maximum absolute atomic E-state index is 5.56. The van der Waals surface area contributed by atoms with Crippen molar-refractivity contribution in [2.75, 3.05) is 18.6 Å². The summed E-state index contributed by atoms with van der Waals surface area (Å²) in [5.74, 6) is 2.15. The van der Waals surface area contributed by atoms with Crippen LogP contribution in [-0.2, 0) is 13.0 Å². The molecule has 0 aliphatic carbocycles. The SMILES string of the molecule is COc1cccc2c1N(Cc1nc(-c3ccc(C)cc3)no1)CCC2. The highest BCUT2D eigenvalue weighted by Gasteiger charge is 2.23. The van der Waals surface area contributed by atoms with Gasteiger partial charge in [-0.3, -0.25) is 0 Å².